The molecule has 11 heteroatoms. The van der Waals surface area contributed by atoms with Gasteiger partial charge in [0.25, 0.3) is 0 Å². The fraction of sp³-hybridized carbons (Fsp3) is 0.261. The van der Waals surface area contributed by atoms with Gasteiger partial charge in [-0.05, 0) is 30.3 Å². The third-order valence-corrected chi connectivity index (χ3v) is 7.51. The van der Waals surface area contributed by atoms with Crippen molar-refractivity contribution in [3.8, 4) is 11.5 Å². The monoisotopic (exact) mass is 479 g/mol. The first kappa shape index (κ1) is 21.2. The summed E-state index contributed by atoms with van der Waals surface area (Å²) < 4.78 is 46.5. The molecular weight excluding hydrogens is 458 g/mol. The van der Waals surface area contributed by atoms with E-state index in [0.29, 0.717) is 29.5 Å². The van der Waals surface area contributed by atoms with Gasteiger partial charge in [-0.25, -0.2) is 23.1 Å². The quantitative estimate of drug-likeness (QED) is 0.428. The van der Waals surface area contributed by atoms with Gasteiger partial charge in [-0.3, -0.25) is 4.98 Å². The van der Waals surface area contributed by atoms with Gasteiger partial charge in [0.1, 0.15) is 22.8 Å². The molecule has 2 fully saturated rings. The number of para-hydroxylation sites is 1. The number of hydrogen-bond acceptors (Lipinski definition) is 9. The number of nitrogens with zero attached hydrogens (tertiary/aromatic N) is 3. The van der Waals surface area contributed by atoms with E-state index in [1.54, 1.807) is 49.0 Å². The van der Waals surface area contributed by atoms with Crippen molar-refractivity contribution in [2.45, 2.75) is 29.2 Å². The van der Waals surface area contributed by atoms with E-state index in [9.17, 15) is 8.42 Å². The molecule has 3 aromatic heterocycles. The average Bonchev–Trinajstić information content (AvgIpc) is 3.60. The van der Waals surface area contributed by atoms with Crippen molar-refractivity contribution in [3.63, 3.8) is 0 Å². The molecule has 6 rings (SSSR count). The Labute approximate surface area is 195 Å². The highest BCUT2D eigenvalue weighted by Crippen LogP contribution is 2.30. The Balaban J connectivity index is 1.17. The predicted octanol–water partition coefficient (Wildman–Crippen LogP) is 2.21. The van der Waals surface area contributed by atoms with Crippen LogP contribution >= 0.6 is 0 Å². The number of hydrogen-bond donors (Lipinski definition) is 2. The SMILES string of the molecule is O=S(=O)(N[C@@H]1CO[C@@H]2[C@@H]1OC[C@@H]2Nc1nccc(-c2ccco2)n1)c1cccc2cccnc12. The smallest absolute Gasteiger partial charge is 0.243 e. The molecule has 1 aromatic carbocycles. The molecule has 2 aliphatic heterocycles. The number of furan rings is 1. The highest BCUT2D eigenvalue weighted by atomic mass is 32.2. The summed E-state index contributed by atoms with van der Waals surface area (Å²) in [5.74, 6) is 1.05. The van der Waals surface area contributed by atoms with Crippen molar-refractivity contribution >= 4 is 26.9 Å². The third kappa shape index (κ3) is 3.82. The Bertz CT molecular complexity index is 1420. The molecule has 4 aromatic rings. The van der Waals surface area contributed by atoms with Crippen LogP contribution in [0.4, 0.5) is 5.95 Å². The van der Waals surface area contributed by atoms with Crippen LogP contribution in [0.15, 0.2) is 76.5 Å². The van der Waals surface area contributed by atoms with Gasteiger partial charge in [-0.2, -0.15) is 0 Å². The minimum Gasteiger partial charge on any atom is -0.463 e. The normalized spacial score (nSPS) is 24.4. The van der Waals surface area contributed by atoms with E-state index < -0.39 is 22.2 Å². The van der Waals surface area contributed by atoms with Gasteiger partial charge in [0, 0.05) is 17.8 Å². The van der Waals surface area contributed by atoms with Crippen molar-refractivity contribution in [3.05, 3.63) is 67.2 Å². The van der Waals surface area contributed by atoms with E-state index >= 15 is 0 Å². The van der Waals surface area contributed by atoms with Crippen LogP contribution in [0.25, 0.3) is 22.4 Å². The Morgan fingerprint density at radius 3 is 2.56 bits per heavy atom. The van der Waals surface area contributed by atoms with Gasteiger partial charge in [0.05, 0.1) is 37.1 Å². The van der Waals surface area contributed by atoms with E-state index in [-0.39, 0.29) is 23.6 Å². The molecule has 0 saturated carbocycles. The number of ether oxygens (including phenoxy) is 2. The number of nitrogens with one attached hydrogen (secondary N) is 2. The first-order valence-electron chi connectivity index (χ1n) is 10.8. The Hall–Kier alpha value is -3.38. The zero-order valence-corrected chi connectivity index (χ0v) is 18.7. The summed E-state index contributed by atoms with van der Waals surface area (Å²) in [4.78, 5) is 13.2. The van der Waals surface area contributed by atoms with Crippen LogP contribution in [0.2, 0.25) is 0 Å². The number of anilines is 1. The van der Waals surface area contributed by atoms with Gasteiger partial charge < -0.3 is 19.2 Å². The Morgan fingerprint density at radius 2 is 1.71 bits per heavy atom. The van der Waals surface area contributed by atoms with Crippen molar-refractivity contribution in [2.24, 2.45) is 0 Å². The summed E-state index contributed by atoms with van der Waals surface area (Å²) in [5, 5.41) is 4.01. The molecule has 4 atom stereocenters. The van der Waals surface area contributed by atoms with Crippen molar-refractivity contribution in [2.75, 3.05) is 18.5 Å². The fourth-order valence-corrected chi connectivity index (χ4v) is 5.85. The lowest BCUT2D eigenvalue weighted by molar-refractivity contribution is 0.0690. The predicted molar refractivity (Wildman–Crippen MR) is 122 cm³/mol. The van der Waals surface area contributed by atoms with E-state index in [1.807, 2.05) is 18.2 Å². The van der Waals surface area contributed by atoms with Crippen molar-refractivity contribution in [1.82, 2.24) is 19.7 Å². The van der Waals surface area contributed by atoms with Crippen LogP contribution in [0.5, 0.6) is 0 Å². The molecule has 174 valence electrons. The summed E-state index contributed by atoms with van der Waals surface area (Å²) in [7, 11) is -3.84. The molecule has 0 aliphatic carbocycles. The van der Waals surface area contributed by atoms with Crippen LogP contribution in [0.3, 0.4) is 0 Å². The first-order chi connectivity index (χ1) is 16.6. The number of aromatic nitrogens is 3. The second kappa shape index (κ2) is 8.44. The molecule has 0 spiro atoms. The zero-order chi connectivity index (χ0) is 23.1. The maximum Gasteiger partial charge on any atom is 0.243 e. The number of sulfonamides is 1. The number of rotatable bonds is 6. The van der Waals surface area contributed by atoms with Crippen LogP contribution in [0.1, 0.15) is 0 Å². The lowest BCUT2D eigenvalue weighted by Gasteiger charge is -2.19. The third-order valence-electron chi connectivity index (χ3n) is 5.99. The van der Waals surface area contributed by atoms with E-state index in [4.69, 9.17) is 13.9 Å². The maximum absolute atomic E-state index is 13.2. The second-order valence-corrected chi connectivity index (χ2v) is 9.83. The van der Waals surface area contributed by atoms with Crippen LogP contribution < -0.4 is 10.0 Å². The zero-order valence-electron chi connectivity index (χ0n) is 17.9. The molecule has 5 heterocycles. The first-order valence-corrected chi connectivity index (χ1v) is 12.3. The van der Waals surface area contributed by atoms with Gasteiger partial charge in [0.2, 0.25) is 16.0 Å². The highest BCUT2D eigenvalue weighted by Gasteiger charge is 2.49. The molecule has 0 unspecified atom stereocenters. The summed E-state index contributed by atoms with van der Waals surface area (Å²) in [6.07, 6.45) is 4.01. The standard InChI is InChI=1S/C23H21N5O5S/c29-34(30,19-7-1-4-14-5-2-9-24-20(14)19)28-17-13-33-21-16(12-32-22(17)21)27-23-25-10-8-15(26-23)18-6-3-11-31-18/h1-11,16-17,21-22,28H,12-13H2,(H,25,26,27)/t16-,17+,21-,22+/m0/s1. The second-order valence-electron chi connectivity index (χ2n) is 8.15. The largest absolute Gasteiger partial charge is 0.463 e. The molecule has 2 N–H and O–H groups in total. The van der Waals surface area contributed by atoms with E-state index in [1.165, 1.54) is 0 Å². The summed E-state index contributed by atoms with van der Waals surface area (Å²) in [5.41, 5.74) is 1.08. The number of benzene rings is 1. The Morgan fingerprint density at radius 1 is 0.882 bits per heavy atom. The molecule has 2 aliphatic rings. The number of pyridine rings is 1. The van der Waals surface area contributed by atoms with Crippen molar-refractivity contribution in [1.29, 1.82) is 0 Å². The maximum atomic E-state index is 13.2. The van der Waals surface area contributed by atoms with Crippen molar-refractivity contribution < 1.29 is 22.3 Å². The van der Waals surface area contributed by atoms with Gasteiger partial charge >= 0.3 is 0 Å². The molecule has 10 nitrogen and oxygen atoms in total. The lowest BCUT2D eigenvalue weighted by atomic mass is 10.1. The minimum atomic E-state index is -3.84. The molecule has 0 amide bonds. The fourth-order valence-electron chi connectivity index (χ4n) is 4.44. The topological polar surface area (TPSA) is 128 Å². The Kier molecular flexibility index (Phi) is 5.26. The summed E-state index contributed by atoms with van der Waals surface area (Å²) in [6, 6.07) is 13.3. The molecule has 2 saturated heterocycles. The number of fused-ring (bicyclic) bond motifs is 2. The van der Waals surface area contributed by atoms with E-state index in [2.05, 4.69) is 25.0 Å². The van der Waals surface area contributed by atoms with Gasteiger partial charge in [-0.1, -0.05) is 18.2 Å². The molecular formula is C23H21N5O5S. The molecule has 0 bridgehead atoms. The van der Waals surface area contributed by atoms with Gasteiger partial charge in [-0.15, -0.1) is 0 Å². The highest BCUT2D eigenvalue weighted by molar-refractivity contribution is 7.89. The average molecular weight is 480 g/mol. The lowest BCUT2D eigenvalue weighted by Crippen LogP contribution is -2.44. The summed E-state index contributed by atoms with van der Waals surface area (Å²) in [6.45, 7) is 0.524. The summed E-state index contributed by atoms with van der Waals surface area (Å²) >= 11 is 0. The van der Waals surface area contributed by atoms with Crippen LogP contribution in [0, 0.1) is 0 Å². The molecule has 0 radical (unpaired) electrons. The van der Waals surface area contributed by atoms with E-state index in [0.717, 1.165) is 5.39 Å². The van der Waals surface area contributed by atoms with Gasteiger partial charge in [0.15, 0.2) is 5.76 Å². The minimum absolute atomic E-state index is 0.130. The molecule has 34 heavy (non-hydrogen) atoms. The van der Waals surface area contributed by atoms with Crippen LogP contribution in [-0.2, 0) is 19.5 Å². The van der Waals surface area contributed by atoms with Crippen LogP contribution in [-0.4, -0.2) is 60.9 Å².